The largest absolute Gasteiger partial charge is 0.491 e. The van der Waals surface area contributed by atoms with Gasteiger partial charge in [0.25, 0.3) is 0 Å². The lowest BCUT2D eigenvalue weighted by Gasteiger charge is -2.25. The predicted molar refractivity (Wildman–Crippen MR) is 110 cm³/mol. The maximum absolute atomic E-state index is 10.5. The molecule has 0 amide bonds. The Morgan fingerprint density at radius 1 is 0.778 bits per heavy atom. The van der Waals surface area contributed by atoms with E-state index in [0.29, 0.717) is 17.3 Å². The van der Waals surface area contributed by atoms with Crippen molar-refractivity contribution in [2.45, 2.75) is 19.2 Å². The molecule has 0 fully saturated rings. The van der Waals surface area contributed by atoms with E-state index in [1.54, 1.807) is 24.3 Å². The van der Waals surface area contributed by atoms with E-state index in [4.69, 9.17) is 16.3 Å². The molecule has 0 spiro atoms. The van der Waals surface area contributed by atoms with Crippen molar-refractivity contribution in [1.29, 1.82) is 0 Å². The van der Waals surface area contributed by atoms with Crippen LogP contribution in [-0.4, -0.2) is 29.3 Å². The summed E-state index contributed by atoms with van der Waals surface area (Å²) in [6.45, 7) is 2.31. The van der Waals surface area contributed by atoms with Gasteiger partial charge in [0, 0.05) is 24.7 Å². The Balaban J connectivity index is 1.59. The van der Waals surface area contributed by atoms with Gasteiger partial charge >= 0.3 is 0 Å². The number of ether oxygens (including phenoxy) is 1. The summed E-state index contributed by atoms with van der Waals surface area (Å²) in [5, 5.41) is 11.2. The summed E-state index contributed by atoms with van der Waals surface area (Å²) in [4.78, 5) is 2.24. The topological polar surface area (TPSA) is 32.7 Å². The van der Waals surface area contributed by atoms with Gasteiger partial charge in [0.2, 0.25) is 0 Å². The van der Waals surface area contributed by atoms with Crippen molar-refractivity contribution in [2.75, 3.05) is 13.2 Å². The minimum absolute atomic E-state index is 0.238. The van der Waals surface area contributed by atoms with Crippen LogP contribution in [-0.2, 0) is 13.1 Å². The minimum Gasteiger partial charge on any atom is -0.491 e. The molecule has 3 aromatic rings. The van der Waals surface area contributed by atoms with Gasteiger partial charge in [-0.2, -0.15) is 0 Å². The second-order valence-corrected chi connectivity index (χ2v) is 7.00. The number of halogens is 1. The van der Waals surface area contributed by atoms with Gasteiger partial charge in [0.1, 0.15) is 18.5 Å². The molecule has 0 saturated heterocycles. The van der Waals surface area contributed by atoms with Gasteiger partial charge in [-0.15, -0.1) is 0 Å². The third kappa shape index (κ3) is 6.72. The van der Waals surface area contributed by atoms with E-state index in [1.807, 2.05) is 36.4 Å². The fourth-order valence-corrected chi connectivity index (χ4v) is 3.07. The van der Waals surface area contributed by atoms with Crippen LogP contribution in [0.5, 0.6) is 5.75 Å². The molecule has 0 saturated carbocycles. The summed E-state index contributed by atoms with van der Waals surface area (Å²) in [6, 6.07) is 27.8. The molecule has 0 aliphatic heterocycles. The minimum atomic E-state index is -0.590. The van der Waals surface area contributed by atoms with Crippen molar-refractivity contribution in [3.05, 3.63) is 101 Å². The molecule has 0 unspecified atom stereocenters. The lowest BCUT2D eigenvalue weighted by atomic mass is 10.1. The molecule has 0 aliphatic carbocycles. The van der Waals surface area contributed by atoms with Crippen LogP contribution in [0, 0.1) is 0 Å². The number of rotatable bonds is 9. The smallest absolute Gasteiger partial charge is 0.119 e. The molecule has 0 heterocycles. The Hall–Kier alpha value is -2.33. The summed E-state index contributed by atoms with van der Waals surface area (Å²) in [6.07, 6.45) is -0.590. The van der Waals surface area contributed by atoms with E-state index < -0.39 is 6.10 Å². The van der Waals surface area contributed by atoms with E-state index in [2.05, 4.69) is 29.2 Å². The van der Waals surface area contributed by atoms with Crippen molar-refractivity contribution in [2.24, 2.45) is 0 Å². The molecule has 0 radical (unpaired) electrons. The highest BCUT2D eigenvalue weighted by Gasteiger charge is 2.14. The molecule has 4 heteroatoms. The second-order valence-electron chi connectivity index (χ2n) is 6.56. The Labute approximate surface area is 165 Å². The molecule has 0 bridgehead atoms. The molecular formula is C23H24ClNO2. The van der Waals surface area contributed by atoms with Gasteiger partial charge in [0.05, 0.1) is 0 Å². The highest BCUT2D eigenvalue weighted by molar-refractivity contribution is 6.30. The summed E-state index contributed by atoms with van der Waals surface area (Å²) in [7, 11) is 0. The quantitative estimate of drug-likeness (QED) is 0.578. The lowest BCUT2D eigenvalue weighted by Crippen LogP contribution is -2.35. The SMILES string of the molecule is O[C@H](COc1ccc(Cl)cc1)CN(Cc1ccccc1)Cc1ccccc1. The zero-order valence-electron chi connectivity index (χ0n) is 15.2. The Kier molecular flexibility index (Phi) is 7.28. The van der Waals surface area contributed by atoms with Crippen LogP contribution < -0.4 is 4.74 Å². The Morgan fingerprint density at radius 2 is 1.30 bits per heavy atom. The third-order valence-corrected chi connectivity index (χ3v) is 4.47. The number of aliphatic hydroxyl groups excluding tert-OH is 1. The first-order chi connectivity index (χ1) is 13.2. The van der Waals surface area contributed by atoms with E-state index in [9.17, 15) is 5.11 Å². The molecule has 3 rings (SSSR count). The van der Waals surface area contributed by atoms with Crippen molar-refractivity contribution in [3.8, 4) is 5.75 Å². The Bertz CT molecular complexity index is 752. The highest BCUT2D eigenvalue weighted by Crippen LogP contribution is 2.16. The maximum Gasteiger partial charge on any atom is 0.119 e. The fourth-order valence-electron chi connectivity index (χ4n) is 2.94. The van der Waals surface area contributed by atoms with Gasteiger partial charge in [-0.25, -0.2) is 0 Å². The van der Waals surface area contributed by atoms with Crippen LogP contribution in [0.1, 0.15) is 11.1 Å². The van der Waals surface area contributed by atoms with Gasteiger partial charge in [0.15, 0.2) is 0 Å². The molecule has 0 aliphatic rings. The van der Waals surface area contributed by atoms with Crippen LogP contribution >= 0.6 is 11.6 Å². The summed E-state index contributed by atoms with van der Waals surface area (Å²) >= 11 is 5.89. The van der Waals surface area contributed by atoms with Crippen LogP contribution in [0.25, 0.3) is 0 Å². The van der Waals surface area contributed by atoms with Crippen molar-refractivity contribution in [1.82, 2.24) is 4.90 Å². The standard InChI is InChI=1S/C23H24ClNO2/c24-21-11-13-23(14-12-21)27-18-22(26)17-25(15-19-7-3-1-4-8-19)16-20-9-5-2-6-10-20/h1-14,22,26H,15-18H2/t22-/m0/s1. The van der Waals surface area contributed by atoms with Crippen molar-refractivity contribution < 1.29 is 9.84 Å². The molecule has 3 nitrogen and oxygen atoms in total. The first kappa shape index (κ1) is 19.4. The van der Waals surface area contributed by atoms with Crippen LogP contribution in [0.4, 0.5) is 0 Å². The van der Waals surface area contributed by atoms with Crippen molar-refractivity contribution >= 4 is 11.6 Å². The molecule has 1 atom stereocenters. The monoisotopic (exact) mass is 381 g/mol. The van der Waals surface area contributed by atoms with Gasteiger partial charge in [-0.3, -0.25) is 4.90 Å². The average molecular weight is 382 g/mol. The third-order valence-electron chi connectivity index (χ3n) is 4.22. The van der Waals surface area contributed by atoms with E-state index in [1.165, 1.54) is 11.1 Å². The maximum atomic E-state index is 10.5. The number of benzene rings is 3. The van der Waals surface area contributed by atoms with Crippen LogP contribution in [0.3, 0.4) is 0 Å². The first-order valence-electron chi connectivity index (χ1n) is 9.06. The zero-order chi connectivity index (χ0) is 18.9. The molecule has 0 aromatic heterocycles. The predicted octanol–water partition coefficient (Wildman–Crippen LogP) is 4.78. The fraction of sp³-hybridized carbons (Fsp3) is 0.217. The van der Waals surface area contributed by atoms with Crippen molar-refractivity contribution in [3.63, 3.8) is 0 Å². The van der Waals surface area contributed by atoms with Gasteiger partial charge < -0.3 is 9.84 Å². The highest BCUT2D eigenvalue weighted by atomic mass is 35.5. The second kappa shape index (κ2) is 10.1. The number of hydrogen-bond donors (Lipinski definition) is 1. The first-order valence-corrected chi connectivity index (χ1v) is 9.43. The summed E-state index contributed by atoms with van der Waals surface area (Å²) < 4.78 is 5.69. The normalized spacial score (nSPS) is 12.1. The van der Waals surface area contributed by atoms with Crippen LogP contribution in [0.2, 0.25) is 5.02 Å². The lowest BCUT2D eigenvalue weighted by molar-refractivity contribution is 0.0628. The summed E-state index contributed by atoms with van der Waals surface area (Å²) in [5.41, 5.74) is 2.44. The molecule has 140 valence electrons. The molecule has 1 N–H and O–H groups in total. The van der Waals surface area contributed by atoms with Gasteiger partial charge in [-0.05, 0) is 35.4 Å². The average Bonchev–Trinajstić information content (AvgIpc) is 2.69. The zero-order valence-corrected chi connectivity index (χ0v) is 15.9. The van der Waals surface area contributed by atoms with E-state index in [0.717, 1.165) is 13.1 Å². The van der Waals surface area contributed by atoms with E-state index >= 15 is 0 Å². The van der Waals surface area contributed by atoms with Crippen LogP contribution in [0.15, 0.2) is 84.9 Å². The summed E-state index contributed by atoms with van der Waals surface area (Å²) in [5.74, 6) is 0.705. The molecule has 3 aromatic carbocycles. The van der Waals surface area contributed by atoms with E-state index in [-0.39, 0.29) is 6.61 Å². The molecule has 27 heavy (non-hydrogen) atoms. The number of nitrogens with zero attached hydrogens (tertiary/aromatic N) is 1. The number of aliphatic hydroxyl groups is 1. The van der Waals surface area contributed by atoms with Gasteiger partial charge in [-0.1, -0.05) is 72.3 Å². The number of hydrogen-bond acceptors (Lipinski definition) is 3. The Morgan fingerprint density at radius 3 is 1.81 bits per heavy atom. The molecular weight excluding hydrogens is 358 g/mol.